The highest BCUT2D eigenvalue weighted by Crippen LogP contribution is 2.26. The molecule has 2 N–H and O–H groups in total. The number of carboxylic acid groups (broad SMARTS) is 1. The number of carbonyl (C=O) groups is 2. The van der Waals surface area contributed by atoms with Crippen LogP contribution in [0.5, 0.6) is 5.75 Å². The number of nitrogens with one attached hydrogen (secondary N) is 1. The lowest BCUT2D eigenvalue weighted by Crippen LogP contribution is -2.57. The highest BCUT2D eigenvalue weighted by Gasteiger charge is 2.35. The molecule has 2 fully saturated rings. The maximum Gasteiger partial charge on any atom is 0.317 e. The second kappa shape index (κ2) is 9.23. The van der Waals surface area contributed by atoms with Gasteiger partial charge in [0.1, 0.15) is 17.7 Å². The van der Waals surface area contributed by atoms with Crippen LogP contribution in [0, 0.1) is 5.82 Å². The quantitative estimate of drug-likeness (QED) is 0.743. The number of benzene rings is 1. The van der Waals surface area contributed by atoms with Crippen LogP contribution in [-0.4, -0.2) is 71.3 Å². The van der Waals surface area contributed by atoms with E-state index in [1.54, 1.807) is 17.0 Å². The van der Waals surface area contributed by atoms with Crippen molar-refractivity contribution in [1.82, 2.24) is 15.1 Å². The molecule has 3 rings (SSSR count). The van der Waals surface area contributed by atoms with Crippen LogP contribution >= 0.6 is 0 Å². The Hall–Kier alpha value is -2.35. The summed E-state index contributed by atoms with van der Waals surface area (Å²) in [6.07, 6.45) is 3.07. The number of piperidine rings is 1. The molecular weight excluding hydrogens is 365 g/mol. The standard InChI is InChI=1S/C20H28FN3O4/c1-2-23(13-19(25)26)16-11-15(12-16)22-20(27)24-9-7-18(8-10-24)28-17-5-3-14(21)4-6-17/h3-6,15-16,18H,2,7-13H2,1H3,(H,22,27)(H,25,26). The summed E-state index contributed by atoms with van der Waals surface area (Å²) in [5.74, 6) is -0.464. The molecule has 0 bridgehead atoms. The fourth-order valence-corrected chi connectivity index (χ4v) is 3.82. The van der Waals surface area contributed by atoms with Gasteiger partial charge in [0, 0.05) is 38.0 Å². The van der Waals surface area contributed by atoms with Crippen molar-refractivity contribution in [3.05, 3.63) is 30.1 Å². The third-order valence-electron chi connectivity index (χ3n) is 5.55. The zero-order chi connectivity index (χ0) is 20.1. The van der Waals surface area contributed by atoms with Crippen LogP contribution in [0.2, 0.25) is 0 Å². The first-order chi connectivity index (χ1) is 13.4. The van der Waals surface area contributed by atoms with Gasteiger partial charge in [-0.15, -0.1) is 0 Å². The lowest BCUT2D eigenvalue weighted by Gasteiger charge is -2.43. The molecule has 0 aromatic heterocycles. The molecule has 154 valence electrons. The van der Waals surface area contributed by atoms with E-state index in [9.17, 15) is 14.0 Å². The number of likely N-dealkylation sites (N-methyl/N-ethyl adjacent to an activating group) is 1. The predicted molar refractivity (Wildman–Crippen MR) is 102 cm³/mol. The van der Waals surface area contributed by atoms with Gasteiger partial charge < -0.3 is 20.1 Å². The van der Waals surface area contributed by atoms with E-state index in [4.69, 9.17) is 9.84 Å². The van der Waals surface area contributed by atoms with Crippen LogP contribution in [0.3, 0.4) is 0 Å². The summed E-state index contributed by atoms with van der Waals surface area (Å²) in [5, 5.41) is 12.0. The van der Waals surface area contributed by atoms with Gasteiger partial charge >= 0.3 is 12.0 Å². The predicted octanol–water partition coefficient (Wildman–Crippen LogP) is 2.32. The normalized spacial score (nSPS) is 22.6. The number of hydrogen-bond donors (Lipinski definition) is 2. The Kier molecular flexibility index (Phi) is 6.72. The highest BCUT2D eigenvalue weighted by molar-refractivity contribution is 5.74. The molecule has 8 heteroatoms. The van der Waals surface area contributed by atoms with Gasteiger partial charge in [0.25, 0.3) is 0 Å². The van der Waals surface area contributed by atoms with Gasteiger partial charge in [-0.05, 0) is 43.7 Å². The Morgan fingerprint density at radius 1 is 1.25 bits per heavy atom. The fraction of sp³-hybridized carbons (Fsp3) is 0.600. The van der Waals surface area contributed by atoms with Crippen molar-refractivity contribution in [2.45, 2.75) is 50.8 Å². The average molecular weight is 393 g/mol. The van der Waals surface area contributed by atoms with Crippen LogP contribution in [0.25, 0.3) is 0 Å². The van der Waals surface area contributed by atoms with Crippen LogP contribution in [0.15, 0.2) is 24.3 Å². The van der Waals surface area contributed by atoms with Crippen molar-refractivity contribution in [3.63, 3.8) is 0 Å². The van der Waals surface area contributed by atoms with Gasteiger partial charge in [0.05, 0.1) is 6.54 Å². The first-order valence-electron chi connectivity index (χ1n) is 9.88. The maximum atomic E-state index is 13.0. The van der Waals surface area contributed by atoms with E-state index >= 15 is 0 Å². The molecule has 1 heterocycles. The van der Waals surface area contributed by atoms with Crippen LogP contribution < -0.4 is 10.1 Å². The van der Waals surface area contributed by atoms with Crippen molar-refractivity contribution in [2.75, 3.05) is 26.2 Å². The smallest absolute Gasteiger partial charge is 0.317 e. The van der Waals surface area contributed by atoms with E-state index in [0.29, 0.717) is 25.4 Å². The number of urea groups is 1. The third-order valence-corrected chi connectivity index (χ3v) is 5.55. The minimum Gasteiger partial charge on any atom is -0.490 e. The fourth-order valence-electron chi connectivity index (χ4n) is 3.82. The molecule has 1 saturated carbocycles. The molecule has 28 heavy (non-hydrogen) atoms. The molecule has 1 aliphatic carbocycles. The summed E-state index contributed by atoms with van der Waals surface area (Å²) in [5.41, 5.74) is 0. The number of nitrogens with zero attached hydrogens (tertiary/aromatic N) is 2. The number of rotatable bonds is 7. The molecule has 0 atom stereocenters. The first kappa shape index (κ1) is 20.4. The third kappa shape index (κ3) is 5.34. The molecule has 1 aromatic carbocycles. The Labute approximate surface area is 164 Å². The van der Waals surface area contributed by atoms with E-state index < -0.39 is 5.97 Å². The van der Waals surface area contributed by atoms with E-state index in [-0.39, 0.29) is 36.6 Å². The number of carboxylic acids is 1. The Balaban J connectivity index is 1.36. The SMILES string of the molecule is CCN(CC(=O)O)C1CC(NC(=O)N2CCC(Oc3ccc(F)cc3)CC2)C1. The molecular formula is C20H28FN3O4. The summed E-state index contributed by atoms with van der Waals surface area (Å²) < 4.78 is 18.8. The molecule has 1 aromatic rings. The second-order valence-corrected chi connectivity index (χ2v) is 7.49. The summed E-state index contributed by atoms with van der Waals surface area (Å²) in [6, 6.07) is 6.25. The highest BCUT2D eigenvalue weighted by atomic mass is 19.1. The van der Waals surface area contributed by atoms with Crippen molar-refractivity contribution in [3.8, 4) is 5.75 Å². The molecule has 0 unspecified atom stereocenters. The molecule has 1 saturated heterocycles. The van der Waals surface area contributed by atoms with Gasteiger partial charge in [-0.1, -0.05) is 6.92 Å². The van der Waals surface area contributed by atoms with Crippen molar-refractivity contribution in [2.24, 2.45) is 0 Å². The summed E-state index contributed by atoms with van der Waals surface area (Å²) in [6.45, 7) is 3.93. The molecule has 1 aliphatic heterocycles. The summed E-state index contributed by atoms with van der Waals surface area (Å²) in [4.78, 5) is 27.1. The number of hydrogen-bond acceptors (Lipinski definition) is 4. The minimum absolute atomic E-state index is 0.0247. The summed E-state index contributed by atoms with van der Waals surface area (Å²) in [7, 11) is 0. The van der Waals surface area contributed by atoms with Crippen LogP contribution in [0.4, 0.5) is 9.18 Å². The molecule has 2 aliphatic rings. The van der Waals surface area contributed by atoms with Crippen molar-refractivity contribution >= 4 is 12.0 Å². The maximum absolute atomic E-state index is 13.0. The molecule has 0 spiro atoms. The number of aliphatic carboxylic acids is 1. The number of carbonyl (C=O) groups excluding carboxylic acids is 1. The zero-order valence-electron chi connectivity index (χ0n) is 16.1. The number of ether oxygens (including phenoxy) is 1. The van der Waals surface area contributed by atoms with Crippen molar-refractivity contribution in [1.29, 1.82) is 0 Å². The van der Waals surface area contributed by atoms with Gasteiger partial charge in [-0.25, -0.2) is 9.18 Å². The van der Waals surface area contributed by atoms with E-state index in [1.807, 2.05) is 11.8 Å². The Morgan fingerprint density at radius 3 is 2.46 bits per heavy atom. The molecule has 0 radical (unpaired) electrons. The van der Waals surface area contributed by atoms with Crippen molar-refractivity contribution < 1.29 is 23.8 Å². The van der Waals surface area contributed by atoms with Crippen LogP contribution in [-0.2, 0) is 4.79 Å². The van der Waals surface area contributed by atoms with Gasteiger partial charge in [-0.3, -0.25) is 9.69 Å². The number of amides is 2. The van der Waals surface area contributed by atoms with Gasteiger partial charge in [0.2, 0.25) is 0 Å². The zero-order valence-corrected chi connectivity index (χ0v) is 16.1. The second-order valence-electron chi connectivity index (χ2n) is 7.49. The lowest BCUT2D eigenvalue weighted by molar-refractivity contribution is -0.139. The lowest BCUT2D eigenvalue weighted by atomic mass is 9.85. The largest absolute Gasteiger partial charge is 0.490 e. The Morgan fingerprint density at radius 2 is 1.89 bits per heavy atom. The van der Waals surface area contributed by atoms with E-state index in [0.717, 1.165) is 25.7 Å². The first-order valence-corrected chi connectivity index (χ1v) is 9.88. The van der Waals surface area contributed by atoms with E-state index in [1.165, 1.54) is 12.1 Å². The molecule has 2 amide bonds. The van der Waals surface area contributed by atoms with E-state index in [2.05, 4.69) is 5.32 Å². The minimum atomic E-state index is -0.819. The topological polar surface area (TPSA) is 82.1 Å². The average Bonchev–Trinajstić information content (AvgIpc) is 2.65. The monoisotopic (exact) mass is 393 g/mol. The van der Waals surface area contributed by atoms with Gasteiger partial charge in [-0.2, -0.15) is 0 Å². The number of halogens is 1. The summed E-state index contributed by atoms with van der Waals surface area (Å²) >= 11 is 0. The Bertz CT molecular complexity index is 671. The molecule has 7 nitrogen and oxygen atoms in total. The van der Waals surface area contributed by atoms with Gasteiger partial charge in [0.15, 0.2) is 0 Å². The number of likely N-dealkylation sites (tertiary alicyclic amines) is 1. The van der Waals surface area contributed by atoms with Crippen LogP contribution in [0.1, 0.15) is 32.6 Å².